The van der Waals surface area contributed by atoms with Crippen molar-refractivity contribution in [1.82, 2.24) is 15.5 Å². The highest BCUT2D eigenvalue weighted by Gasteiger charge is 2.44. The Morgan fingerprint density at radius 1 is 1.32 bits per heavy atom. The molecule has 1 saturated heterocycles. The molecule has 2 atom stereocenters. The SMILES string of the molecule is CC(C(=O)O)N(C(=O)c1cccc(C2(C)NC(=O)NC2=O)c1)C1CC1. The highest BCUT2D eigenvalue weighted by atomic mass is 16.4. The van der Waals surface area contributed by atoms with Crippen molar-refractivity contribution in [3.63, 3.8) is 0 Å². The van der Waals surface area contributed by atoms with E-state index in [1.165, 1.54) is 17.9 Å². The summed E-state index contributed by atoms with van der Waals surface area (Å²) < 4.78 is 0. The molecule has 2 aliphatic rings. The maximum atomic E-state index is 12.9. The third-order valence-electron chi connectivity index (χ3n) is 4.68. The van der Waals surface area contributed by atoms with Gasteiger partial charge in [0.05, 0.1) is 0 Å². The van der Waals surface area contributed by atoms with Gasteiger partial charge in [-0.25, -0.2) is 9.59 Å². The topological polar surface area (TPSA) is 116 Å². The zero-order valence-electron chi connectivity index (χ0n) is 13.9. The molecule has 1 heterocycles. The summed E-state index contributed by atoms with van der Waals surface area (Å²) in [6, 6.07) is 4.75. The number of carboxylic acid groups (broad SMARTS) is 1. The predicted molar refractivity (Wildman–Crippen MR) is 86.8 cm³/mol. The van der Waals surface area contributed by atoms with Crippen LogP contribution in [0, 0.1) is 0 Å². The van der Waals surface area contributed by atoms with Crippen molar-refractivity contribution >= 4 is 23.8 Å². The standard InChI is InChI=1S/C17H19N3O5/c1-9(14(22)23)20(12-6-7-12)13(21)10-4-3-5-11(8-10)17(2)15(24)18-16(25)19-17/h3-5,8-9,12H,6-7H2,1-2H3,(H,22,23)(H2,18,19,24,25). The minimum atomic E-state index is -1.27. The van der Waals surface area contributed by atoms with Gasteiger partial charge in [0.25, 0.3) is 11.8 Å². The molecule has 2 unspecified atom stereocenters. The van der Waals surface area contributed by atoms with Gasteiger partial charge in [0.2, 0.25) is 0 Å². The van der Waals surface area contributed by atoms with Crippen LogP contribution in [0.4, 0.5) is 4.79 Å². The lowest BCUT2D eigenvalue weighted by molar-refractivity contribution is -0.141. The monoisotopic (exact) mass is 345 g/mol. The summed E-state index contributed by atoms with van der Waals surface area (Å²) in [6.45, 7) is 3.03. The number of benzene rings is 1. The van der Waals surface area contributed by atoms with Gasteiger partial charge in [-0.3, -0.25) is 14.9 Å². The Bertz CT molecular complexity index is 773. The maximum absolute atomic E-state index is 12.9. The molecule has 2 fully saturated rings. The van der Waals surface area contributed by atoms with Crippen LogP contribution in [0.5, 0.6) is 0 Å². The van der Waals surface area contributed by atoms with Crippen molar-refractivity contribution in [2.24, 2.45) is 0 Å². The van der Waals surface area contributed by atoms with Crippen LogP contribution in [0.15, 0.2) is 24.3 Å². The van der Waals surface area contributed by atoms with Gasteiger partial charge in [-0.1, -0.05) is 12.1 Å². The molecule has 3 rings (SSSR count). The van der Waals surface area contributed by atoms with Crippen molar-refractivity contribution in [2.45, 2.75) is 44.3 Å². The number of aliphatic carboxylic acids is 1. The molecule has 8 nitrogen and oxygen atoms in total. The number of carbonyl (C=O) groups is 4. The van der Waals surface area contributed by atoms with Crippen molar-refractivity contribution in [3.8, 4) is 0 Å². The lowest BCUT2D eigenvalue weighted by Crippen LogP contribution is -2.45. The number of amides is 4. The molecule has 3 N–H and O–H groups in total. The van der Waals surface area contributed by atoms with E-state index < -0.39 is 35.4 Å². The minimum absolute atomic E-state index is 0.0766. The van der Waals surface area contributed by atoms with Crippen LogP contribution in [0.2, 0.25) is 0 Å². The number of urea groups is 1. The van der Waals surface area contributed by atoms with E-state index >= 15 is 0 Å². The summed E-state index contributed by atoms with van der Waals surface area (Å²) in [6.07, 6.45) is 1.55. The fraction of sp³-hybridized carbons (Fsp3) is 0.412. The number of imide groups is 1. The normalized spacial score (nSPS) is 23.6. The van der Waals surface area contributed by atoms with E-state index in [1.807, 2.05) is 0 Å². The van der Waals surface area contributed by atoms with E-state index in [4.69, 9.17) is 0 Å². The van der Waals surface area contributed by atoms with Gasteiger partial charge in [0, 0.05) is 11.6 Å². The predicted octanol–water partition coefficient (Wildman–Crippen LogP) is 0.819. The van der Waals surface area contributed by atoms with Gasteiger partial charge in [-0.2, -0.15) is 0 Å². The summed E-state index contributed by atoms with van der Waals surface area (Å²) in [7, 11) is 0. The zero-order valence-corrected chi connectivity index (χ0v) is 13.9. The molecule has 8 heteroatoms. The van der Waals surface area contributed by atoms with E-state index in [-0.39, 0.29) is 11.6 Å². The van der Waals surface area contributed by atoms with Gasteiger partial charge >= 0.3 is 12.0 Å². The van der Waals surface area contributed by atoms with E-state index in [1.54, 1.807) is 25.1 Å². The lowest BCUT2D eigenvalue weighted by atomic mass is 9.91. The fourth-order valence-corrected chi connectivity index (χ4v) is 2.99. The van der Waals surface area contributed by atoms with Crippen LogP contribution in [-0.2, 0) is 15.1 Å². The average Bonchev–Trinajstić information content (AvgIpc) is 3.35. The van der Waals surface area contributed by atoms with Crippen LogP contribution in [0.3, 0.4) is 0 Å². The van der Waals surface area contributed by atoms with Gasteiger partial charge in [0.1, 0.15) is 11.6 Å². The highest BCUT2D eigenvalue weighted by Crippen LogP contribution is 2.31. The Hall–Kier alpha value is -2.90. The van der Waals surface area contributed by atoms with Crippen molar-refractivity contribution in [2.75, 3.05) is 0 Å². The largest absolute Gasteiger partial charge is 0.480 e. The third kappa shape index (κ3) is 2.95. The lowest BCUT2D eigenvalue weighted by Gasteiger charge is -2.27. The first-order valence-electron chi connectivity index (χ1n) is 8.03. The molecule has 1 aromatic rings. The molecule has 0 aromatic heterocycles. The second-order valence-corrected chi connectivity index (χ2v) is 6.57. The van der Waals surface area contributed by atoms with Gasteiger partial charge in [0.15, 0.2) is 0 Å². The molecule has 132 valence electrons. The van der Waals surface area contributed by atoms with Crippen LogP contribution in [-0.4, -0.2) is 45.9 Å². The van der Waals surface area contributed by atoms with E-state index in [0.29, 0.717) is 5.56 Å². The van der Waals surface area contributed by atoms with E-state index in [9.17, 15) is 24.3 Å². The van der Waals surface area contributed by atoms with Crippen LogP contribution >= 0.6 is 0 Å². The van der Waals surface area contributed by atoms with Crippen molar-refractivity contribution in [1.29, 1.82) is 0 Å². The number of hydrogen-bond acceptors (Lipinski definition) is 4. The zero-order chi connectivity index (χ0) is 18.4. The van der Waals surface area contributed by atoms with Gasteiger partial charge in [-0.15, -0.1) is 0 Å². The molecular formula is C17H19N3O5. The summed E-state index contributed by atoms with van der Waals surface area (Å²) >= 11 is 0. The molecule has 0 bridgehead atoms. The number of nitrogens with zero attached hydrogens (tertiary/aromatic N) is 1. The number of carbonyl (C=O) groups excluding carboxylic acids is 3. The first-order valence-corrected chi connectivity index (χ1v) is 8.03. The van der Waals surface area contributed by atoms with E-state index in [2.05, 4.69) is 10.6 Å². The van der Waals surface area contributed by atoms with Gasteiger partial charge < -0.3 is 15.3 Å². The summed E-state index contributed by atoms with van der Waals surface area (Å²) in [4.78, 5) is 49.1. The Kier molecular flexibility index (Phi) is 3.98. The van der Waals surface area contributed by atoms with Crippen LogP contribution in [0.1, 0.15) is 42.6 Å². The molecule has 1 aromatic carbocycles. The smallest absolute Gasteiger partial charge is 0.326 e. The fourth-order valence-electron chi connectivity index (χ4n) is 2.99. The molecule has 1 aliphatic carbocycles. The van der Waals surface area contributed by atoms with Gasteiger partial charge in [-0.05, 0) is 44.4 Å². The maximum Gasteiger partial charge on any atom is 0.326 e. The number of hydrogen-bond donors (Lipinski definition) is 3. The minimum Gasteiger partial charge on any atom is -0.480 e. The molecule has 25 heavy (non-hydrogen) atoms. The molecule has 0 spiro atoms. The molecule has 1 aliphatic heterocycles. The number of nitrogens with one attached hydrogen (secondary N) is 2. The Morgan fingerprint density at radius 3 is 2.52 bits per heavy atom. The molecule has 0 radical (unpaired) electrons. The first kappa shape index (κ1) is 16.9. The highest BCUT2D eigenvalue weighted by molar-refractivity contribution is 6.07. The quantitative estimate of drug-likeness (QED) is 0.683. The molecule has 1 saturated carbocycles. The molecule has 4 amide bonds. The number of carboxylic acids is 1. The number of rotatable bonds is 5. The summed E-state index contributed by atoms with van der Waals surface area (Å²) in [5.41, 5.74) is -0.524. The average molecular weight is 345 g/mol. The third-order valence-corrected chi connectivity index (χ3v) is 4.68. The summed E-state index contributed by atoms with van der Waals surface area (Å²) in [5.74, 6) is -1.96. The Balaban J connectivity index is 1.93. The second-order valence-electron chi connectivity index (χ2n) is 6.57. The summed E-state index contributed by atoms with van der Waals surface area (Å²) in [5, 5.41) is 14.0. The van der Waals surface area contributed by atoms with Crippen LogP contribution < -0.4 is 10.6 Å². The van der Waals surface area contributed by atoms with E-state index in [0.717, 1.165) is 12.8 Å². The Morgan fingerprint density at radius 2 is 2.00 bits per heavy atom. The Labute approximate surface area is 144 Å². The van der Waals surface area contributed by atoms with Crippen LogP contribution in [0.25, 0.3) is 0 Å². The second kappa shape index (κ2) is 5.87. The molecular weight excluding hydrogens is 326 g/mol. The first-order chi connectivity index (χ1) is 11.7. The van der Waals surface area contributed by atoms with Crippen molar-refractivity contribution < 1.29 is 24.3 Å². The van der Waals surface area contributed by atoms with Crippen molar-refractivity contribution in [3.05, 3.63) is 35.4 Å².